The first kappa shape index (κ1) is 26.2. The number of fused-ring (bicyclic) bond motifs is 2. The fourth-order valence-corrected chi connectivity index (χ4v) is 5.59. The highest BCUT2D eigenvalue weighted by Crippen LogP contribution is 2.45. The summed E-state index contributed by atoms with van der Waals surface area (Å²) in [7, 11) is 0. The zero-order valence-corrected chi connectivity index (χ0v) is 22.3. The van der Waals surface area contributed by atoms with E-state index >= 15 is 0 Å². The first-order valence-corrected chi connectivity index (χ1v) is 13.1. The fraction of sp³-hybridized carbons (Fsp3) is 0.519. The molecule has 0 amide bonds. The van der Waals surface area contributed by atoms with Crippen molar-refractivity contribution >= 4 is 34.2 Å². The molecule has 0 spiro atoms. The molecule has 0 saturated heterocycles. The minimum atomic E-state index is -1.01. The van der Waals surface area contributed by atoms with Gasteiger partial charge in [-0.2, -0.15) is 0 Å². The Bertz CT molecular complexity index is 1140. The Labute approximate surface area is 216 Å². The van der Waals surface area contributed by atoms with Gasteiger partial charge in [-0.1, -0.05) is 43.1 Å². The van der Waals surface area contributed by atoms with Gasteiger partial charge in [-0.25, -0.2) is 9.37 Å². The van der Waals surface area contributed by atoms with E-state index in [0.717, 1.165) is 48.4 Å². The number of benzene rings is 2. The molecule has 5 nitrogen and oxygen atoms in total. The Morgan fingerprint density at radius 1 is 1.17 bits per heavy atom. The zero-order chi connectivity index (χ0) is 25.3. The van der Waals surface area contributed by atoms with Crippen LogP contribution >= 0.6 is 23.2 Å². The van der Waals surface area contributed by atoms with Crippen LogP contribution in [-0.2, 0) is 6.42 Å². The molecule has 2 atom stereocenters. The van der Waals surface area contributed by atoms with Crippen molar-refractivity contribution < 1.29 is 14.2 Å². The van der Waals surface area contributed by atoms with Crippen LogP contribution in [0.15, 0.2) is 30.3 Å². The molecule has 2 aromatic carbocycles. The molecule has 2 N–H and O–H groups in total. The SMILES string of the molecule is CC(C)[C@H]1c2ccc(F)cc2OC[C@]1(O)CCN(CCCc1nc2cc(Cl)c(Cl)cc2[nH]1)C(C)C. The summed E-state index contributed by atoms with van der Waals surface area (Å²) in [5, 5.41) is 12.7. The van der Waals surface area contributed by atoms with Crippen LogP contribution in [0.1, 0.15) is 57.8 Å². The Balaban J connectivity index is 1.40. The summed E-state index contributed by atoms with van der Waals surface area (Å²) in [6.45, 7) is 10.3. The van der Waals surface area contributed by atoms with Crippen LogP contribution in [0, 0.1) is 11.7 Å². The first-order valence-electron chi connectivity index (χ1n) is 12.3. The minimum absolute atomic E-state index is 0.116. The van der Waals surface area contributed by atoms with Crippen LogP contribution in [0.5, 0.6) is 5.75 Å². The number of aromatic nitrogens is 2. The summed E-state index contributed by atoms with van der Waals surface area (Å²) in [5.74, 6) is 1.21. The van der Waals surface area contributed by atoms with Crippen LogP contribution in [0.4, 0.5) is 4.39 Å². The van der Waals surface area contributed by atoms with Gasteiger partial charge in [-0.15, -0.1) is 0 Å². The summed E-state index contributed by atoms with van der Waals surface area (Å²) < 4.78 is 19.6. The molecule has 35 heavy (non-hydrogen) atoms. The summed E-state index contributed by atoms with van der Waals surface area (Å²) in [6.07, 6.45) is 2.30. The number of rotatable bonds is 9. The molecule has 0 radical (unpaired) electrons. The van der Waals surface area contributed by atoms with Gasteiger partial charge < -0.3 is 19.7 Å². The Kier molecular flexibility index (Phi) is 7.96. The molecule has 8 heteroatoms. The fourth-order valence-electron chi connectivity index (χ4n) is 5.27. The second kappa shape index (κ2) is 10.6. The number of nitrogens with one attached hydrogen (secondary N) is 1. The van der Waals surface area contributed by atoms with Crippen molar-refractivity contribution in [2.45, 2.75) is 64.5 Å². The molecule has 1 aliphatic rings. The number of hydrogen-bond acceptors (Lipinski definition) is 4. The number of halogens is 3. The highest BCUT2D eigenvalue weighted by atomic mass is 35.5. The van der Waals surface area contributed by atoms with E-state index < -0.39 is 5.60 Å². The predicted molar refractivity (Wildman–Crippen MR) is 140 cm³/mol. The van der Waals surface area contributed by atoms with Crippen LogP contribution in [0.2, 0.25) is 10.0 Å². The molecule has 4 rings (SSSR count). The quantitative estimate of drug-likeness (QED) is 0.332. The third-order valence-corrected chi connectivity index (χ3v) is 7.75. The van der Waals surface area contributed by atoms with E-state index in [-0.39, 0.29) is 24.3 Å². The molecule has 0 unspecified atom stereocenters. The summed E-state index contributed by atoms with van der Waals surface area (Å²) in [5.41, 5.74) is 1.57. The number of aryl methyl sites for hydroxylation is 1. The minimum Gasteiger partial charge on any atom is -0.490 e. The highest BCUT2D eigenvalue weighted by Gasteiger charge is 2.45. The number of hydrogen-bond donors (Lipinski definition) is 2. The van der Waals surface area contributed by atoms with E-state index in [1.165, 1.54) is 12.1 Å². The molecule has 0 fully saturated rings. The maximum atomic E-state index is 13.7. The lowest BCUT2D eigenvalue weighted by atomic mass is 9.72. The molecular weight excluding hydrogens is 488 g/mol. The van der Waals surface area contributed by atoms with Crippen LogP contribution in [-0.4, -0.2) is 51.3 Å². The number of aliphatic hydroxyl groups is 1. The maximum Gasteiger partial charge on any atom is 0.126 e. The van der Waals surface area contributed by atoms with Gasteiger partial charge in [0.25, 0.3) is 0 Å². The monoisotopic (exact) mass is 521 g/mol. The van der Waals surface area contributed by atoms with Gasteiger partial charge in [0.05, 0.1) is 21.1 Å². The molecule has 3 aromatic rings. The van der Waals surface area contributed by atoms with E-state index in [1.54, 1.807) is 18.2 Å². The number of aromatic amines is 1. The lowest BCUT2D eigenvalue weighted by Gasteiger charge is -2.44. The van der Waals surface area contributed by atoms with E-state index in [4.69, 9.17) is 27.9 Å². The molecular formula is C27H34Cl2FN3O2. The maximum absolute atomic E-state index is 13.7. The normalized spacial score (nSPS) is 20.1. The summed E-state index contributed by atoms with van der Waals surface area (Å²) >= 11 is 12.2. The number of H-pyrrole nitrogens is 1. The van der Waals surface area contributed by atoms with Crippen molar-refractivity contribution in [3.05, 3.63) is 57.6 Å². The van der Waals surface area contributed by atoms with Crippen LogP contribution in [0.3, 0.4) is 0 Å². The van der Waals surface area contributed by atoms with E-state index in [2.05, 4.69) is 42.6 Å². The van der Waals surface area contributed by atoms with Crippen molar-refractivity contribution in [2.75, 3.05) is 19.7 Å². The van der Waals surface area contributed by atoms with Crippen molar-refractivity contribution in [1.82, 2.24) is 14.9 Å². The molecule has 0 aliphatic carbocycles. The third kappa shape index (κ3) is 5.77. The molecule has 1 aliphatic heterocycles. The molecule has 1 aromatic heterocycles. The summed E-state index contributed by atoms with van der Waals surface area (Å²) in [6, 6.07) is 8.54. The first-order chi connectivity index (χ1) is 16.6. The van der Waals surface area contributed by atoms with E-state index in [9.17, 15) is 9.50 Å². The van der Waals surface area contributed by atoms with E-state index in [0.29, 0.717) is 28.3 Å². The third-order valence-electron chi connectivity index (χ3n) is 7.03. The lowest BCUT2D eigenvalue weighted by molar-refractivity contribution is -0.0661. The Morgan fingerprint density at radius 3 is 2.63 bits per heavy atom. The lowest BCUT2D eigenvalue weighted by Crippen LogP contribution is -2.50. The average molecular weight is 522 g/mol. The van der Waals surface area contributed by atoms with Crippen molar-refractivity contribution in [3.63, 3.8) is 0 Å². The van der Waals surface area contributed by atoms with Gasteiger partial charge in [0.2, 0.25) is 0 Å². The molecule has 190 valence electrons. The largest absolute Gasteiger partial charge is 0.490 e. The topological polar surface area (TPSA) is 61.4 Å². The number of imidazole rings is 1. The van der Waals surface area contributed by atoms with Gasteiger partial charge in [0.1, 0.15) is 29.6 Å². The second-order valence-electron chi connectivity index (χ2n) is 10.2. The van der Waals surface area contributed by atoms with Gasteiger partial charge >= 0.3 is 0 Å². The Hall–Kier alpha value is -1.86. The Morgan fingerprint density at radius 2 is 1.91 bits per heavy atom. The van der Waals surface area contributed by atoms with Gasteiger partial charge in [0, 0.05) is 36.6 Å². The predicted octanol–water partition coefficient (Wildman–Crippen LogP) is 6.61. The molecule has 0 saturated carbocycles. The van der Waals surface area contributed by atoms with Crippen LogP contribution < -0.4 is 4.74 Å². The number of ether oxygens (including phenoxy) is 1. The van der Waals surface area contributed by atoms with Crippen molar-refractivity contribution in [1.29, 1.82) is 0 Å². The number of nitrogens with zero attached hydrogens (tertiary/aromatic N) is 2. The standard InChI is InChI=1S/C27H34Cl2FN3O2/c1-16(2)26-19-8-7-18(30)12-24(19)35-15-27(26,34)9-11-33(17(3)4)10-5-6-25-31-22-13-20(28)21(29)14-23(22)32-25/h7-8,12-14,16-17,26,34H,5-6,9-11,15H2,1-4H3,(H,31,32)/t26-,27+/m0/s1. The van der Waals surface area contributed by atoms with Crippen molar-refractivity contribution in [3.8, 4) is 5.75 Å². The highest BCUT2D eigenvalue weighted by molar-refractivity contribution is 6.42. The molecule has 0 bridgehead atoms. The smallest absolute Gasteiger partial charge is 0.126 e. The second-order valence-corrected chi connectivity index (χ2v) is 11.1. The van der Waals surface area contributed by atoms with Gasteiger partial charge in [0.15, 0.2) is 0 Å². The van der Waals surface area contributed by atoms with Crippen molar-refractivity contribution in [2.24, 2.45) is 5.92 Å². The average Bonchev–Trinajstić information content (AvgIpc) is 3.17. The summed E-state index contributed by atoms with van der Waals surface area (Å²) in [4.78, 5) is 10.4. The molecule has 2 heterocycles. The van der Waals surface area contributed by atoms with Crippen LogP contribution in [0.25, 0.3) is 11.0 Å². The van der Waals surface area contributed by atoms with Gasteiger partial charge in [-0.3, -0.25) is 0 Å². The van der Waals surface area contributed by atoms with Gasteiger partial charge in [-0.05, 0) is 57.4 Å². The zero-order valence-electron chi connectivity index (χ0n) is 20.7. The van der Waals surface area contributed by atoms with E-state index in [1.807, 2.05) is 0 Å².